The van der Waals surface area contributed by atoms with E-state index in [0.29, 0.717) is 18.3 Å². The van der Waals surface area contributed by atoms with E-state index in [-0.39, 0.29) is 31.3 Å². The summed E-state index contributed by atoms with van der Waals surface area (Å²) in [6.45, 7) is 4.21. The number of ether oxygens (including phenoxy) is 1. The molecule has 16 heteroatoms. The zero-order valence-corrected chi connectivity index (χ0v) is 34.5. The van der Waals surface area contributed by atoms with Crippen LogP contribution in [0.5, 0.6) is 6.01 Å². The molecule has 14 nitrogen and oxygen atoms in total. The van der Waals surface area contributed by atoms with E-state index in [4.69, 9.17) is 20.4 Å². The van der Waals surface area contributed by atoms with Gasteiger partial charge in [0.2, 0.25) is 11.8 Å². The Morgan fingerprint density at radius 2 is 1.86 bits per heavy atom. The number of carbonyl (C=O) groups excluding carboxylic acids is 3. The molecule has 0 unspecified atom stereocenters. The van der Waals surface area contributed by atoms with Crippen LogP contribution in [0.2, 0.25) is 0 Å². The number of imidazole rings is 1. The Morgan fingerprint density at radius 3 is 2.61 bits per heavy atom. The van der Waals surface area contributed by atoms with Crippen molar-refractivity contribution in [2.75, 3.05) is 20.6 Å². The summed E-state index contributed by atoms with van der Waals surface area (Å²) in [5.74, 6) is -1.47. The van der Waals surface area contributed by atoms with Crippen LogP contribution in [0.1, 0.15) is 103 Å². The molecule has 3 aromatic rings. The summed E-state index contributed by atoms with van der Waals surface area (Å²) in [5, 5.41) is 5.97. The quantitative estimate of drug-likeness (QED) is 0.255. The Kier molecular flexibility index (Phi) is 11.9. The standard InChI is InChI=1S/C40H56N8O6S2/c1-25(2)48-32-19-13-17-30(36-42-28(24-55-36)20-26-14-9-8-10-15-26)34(32)43-39(48)54-29-21-33-35(49)44-40(38(51)45-56(52,53)46(3)4)22-27(40)16-11-6-5-7-12-18-31(41)37(50)47(33)23-29/h11,13,16-17,19,24-27,29,31,33H,5-10,12,14-15,18,20-23,41H2,1-4H3,(H,44,49)(H,45,51)/b16-11-/t27-,29-,31+,33+,40-/m1/s1. The Morgan fingerprint density at radius 1 is 1.11 bits per heavy atom. The van der Waals surface area contributed by atoms with E-state index in [0.717, 1.165) is 63.7 Å². The van der Waals surface area contributed by atoms with Crippen LogP contribution in [0.25, 0.3) is 21.6 Å². The van der Waals surface area contributed by atoms with Gasteiger partial charge in [-0.25, -0.2) is 9.71 Å². The van der Waals surface area contributed by atoms with Gasteiger partial charge in [0.25, 0.3) is 11.9 Å². The summed E-state index contributed by atoms with van der Waals surface area (Å²) in [6.07, 6.45) is 14.7. The number of amides is 3. The number of benzene rings is 1. The minimum absolute atomic E-state index is 0.0229. The minimum atomic E-state index is -4.12. The highest BCUT2D eigenvalue weighted by atomic mass is 32.2. The number of rotatable bonds is 9. The van der Waals surface area contributed by atoms with Gasteiger partial charge >= 0.3 is 10.2 Å². The van der Waals surface area contributed by atoms with E-state index in [1.807, 2.05) is 34.9 Å². The van der Waals surface area contributed by atoms with Crippen molar-refractivity contribution in [2.24, 2.45) is 17.6 Å². The van der Waals surface area contributed by atoms with Crippen molar-refractivity contribution in [3.8, 4) is 16.6 Å². The van der Waals surface area contributed by atoms with Gasteiger partial charge in [0.05, 0.1) is 23.8 Å². The van der Waals surface area contributed by atoms with Crippen LogP contribution in [-0.4, -0.2) is 94.2 Å². The molecule has 2 saturated carbocycles. The average molecular weight is 809 g/mol. The van der Waals surface area contributed by atoms with Gasteiger partial charge in [0.15, 0.2) is 0 Å². The van der Waals surface area contributed by atoms with Crippen LogP contribution in [-0.2, 0) is 31.0 Å². The molecule has 304 valence electrons. The number of para-hydroxylation sites is 1. The van der Waals surface area contributed by atoms with Crippen molar-refractivity contribution in [3.05, 3.63) is 41.4 Å². The molecule has 56 heavy (non-hydrogen) atoms. The Labute approximate surface area is 333 Å². The number of fused-ring (bicyclic) bond motifs is 3. The van der Waals surface area contributed by atoms with Gasteiger partial charge in [0, 0.05) is 43.4 Å². The topological polar surface area (TPSA) is 182 Å². The van der Waals surface area contributed by atoms with Crippen LogP contribution in [0.4, 0.5) is 0 Å². The largest absolute Gasteiger partial charge is 0.459 e. The molecule has 0 radical (unpaired) electrons. The number of nitrogens with zero attached hydrogens (tertiary/aromatic N) is 5. The molecule has 2 aliphatic heterocycles. The van der Waals surface area contributed by atoms with Crippen molar-refractivity contribution in [2.45, 2.75) is 127 Å². The van der Waals surface area contributed by atoms with Crippen molar-refractivity contribution < 1.29 is 27.5 Å². The van der Waals surface area contributed by atoms with Crippen LogP contribution in [0.3, 0.4) is 0 Å². The van der Waals surface area contributed by atoms with E-state index >= 15 is 0 Å². The molecule has 0 spiro atoms. The van der Waals surface area contributed by atoms with Crippen LogP contribution in [0.15, 0.2) is 35.7 Å². The molecule has 3 fully saturated rings. The van der Waals surface area contributed by atoms with E-state index in [9.17, 15) is 22.8 Å². The van der Waals surface area contributed by atoms with E-state index < -0.39 is 51.7 Å². The Hall–Kier alpha value is -3.86. The van der Waals surface area contributed by atoms with E-state index in [1.165, 1.54) is 51.1 Å². The summed E-state index contributed by atoms with van der Waals surface area (Å²) in [7, 11) is -1.48. The van der Waals surface area contributed by atoms with Gasteiger partial charge in [-0.15, -0.1) is 11.3 Å². The second-order valence-electron chi connectivity index (χ2n) is 16.5. The predicted octanol–water partition coefficient (Wildman–Crippen LogP) is 4.86. The highest BCUT2D eigenvalue weighted by Gasteiger charge is 2.61. The molecular weight excluding hydrogens is 753 g/mol. The zero-order valence-electron chi connectivity index (χ0n) is 32.9. The molecule has 4 heterocycles. The number of nitrogens with two attached hydrogens (primary N) is 1. The maximum atomic E-state index is 14.3. The fourth-order valence-electron chi connectivity index (χ4n) is 8.57. The molecule has 5 atom stereocenters. The lowest BCUT2D eigenvalue weighted by Crippen LogP contribution is -2.58. The van der Waals surface area contributed by atoms with Gasteiger partial charge in [0.1, 0.15) is 28.2 Å². The molecule has 2 aromatic heterocycles. The molecule has 4 N–H and O–H groups in total. The lowest BCUT2D eigenvalue weighted by Gasteiger charge is -2.28. The minimum Gasteiger partial charge on any atom is -0.459 e. The smallest absolute Gasteiger partial charge is 0.303 e. The molecule has 0 bridgehead atoms. The van der Waals surface area contributed by atoms with Crippen molar-refractivity contribution in [1.82, 2.24) is 33.8 Å². The maximum Gasteiger partial charge on any atom is 0.303 e. The zero-order chi connectivity index (χ0) is 39.8. The first-order valence-corrected chi connectivity index (χ1v) is 22.5. The highest BCUT2D eigenvalue weighted by Crippen LogP contribution is 2.46. The summed E-state index contributed by atoms with van der Waals surface area (Å²) in [5.41, 5.74) is 8.71. The van der Waals surface area contributed by atoms with Crippen molar-refractivity contribution in [3.63, 3.8) is 0 Å². The van der Waals surface area contributed by atoms with Gasteiger partial charge in [-0.3, -0.25) is 19.0 Å². The molecule has 4 aliphatic rings. The lowest BCUT2D eigenvalue weighted by molar-refractivity contribution is -0.140. The van der Waals surface area contributed by atoms with Crippen molar-refractivity contribution >= 4 is 50.3 Å². The van der Waals surface area contributed by atoms with Crippen LogP contribution < -0.4 is 20.5 Å². The summed E-state index contributed by atoms with van der Waals surface area (Å²) in [6, 6.07) is 4.61. The second kappa shape index (κ2) is 16.5. The first-order chi connectivity index (χ1) is 26.8. The normalized spacial score (nSPS) is 27.4. The fraction of sp³-hybridized carbons (Fsp3) is 0.625. The molecule has 3 amide bonds. The number of hydrogen-bond donors (Lipinski definition) is 3. The maximum absolute atomic E-state index is 14.3. The SMILES string of the molecule is CC(C)n1c(O[C@@H]2C[C@H]3C(=O)N[C@]4(C(=O)NS(=O)(=O)N(C)C)C[C@H]4/C=C\CCCCC[C@H](N)C(=O)N3C2)nc2c(-c3nc(CC4CCCCC4)cs3)cccc21. The fourth-order valence-corrected chi connectivity index (χ4v) is 10.0. The average Bonchev–Trinajstić information content (AvgIpc) is 3.48. The first kappa shape index (κ1) is 40.3. The molecule has 1 saturated heterocycles. The van der Waals surface area contributed by atoms with Gasteiger partial charge in [-0.05, 0) is 64.0 Å². The number of carbonyl (C=O) groups is 3. The first-order valence-electron chi connectivity index (χ1n) is 20.2. The highest BCUT2D eigenvalue weighted by molar-refractivity contribution is 7.87. The monoisotopic (exact) mass is 808 g/mol. The predicted molar refractivity (Wildman–Crippen MR) is 216 cm³/mol. The van der Waals surface area contributed by atoms with Crippen LogP contribution in [0, 0.1) is 11.8 Å². The van der Waals surface area contributed by atoms with Gasteiger partial charge < -0.3 is 20.7 Å². The Bertz CT molecular complexity index is 2070. The number of allylic oxidation sites excluding steroid dienone is 1. The number of aromatic nitrogens is 3. The third-order valence-electron chi connectivity index (χ3n) is 11.9. The number of nitrogens with one attached hydrogen (secondary N) is 2. The number of hydrogen-bond acceptors (Lipinski definition) is 10. The van der Waals surface area contributed by atoms with E-state index in [2.05, 4.69) is 29.3 Å². The van der Waals surface area contributed by atoms with Crippen LogP contribution >= 0.6 is 11.3 Å². The molecule has 7 rings (SSSR count). The summed E-state index contributed by atoms with van der Waals surface area (Å²) < 4.78 is 37.1. The molecular formula is C40H56N8O6S2. The van der Waals surface area contributed by atoms with Gasteiger partial charge in [-0.1, -0.05) is 63.2 Å². The summed E-state index contributed by atoms with van der Waals surface area (Å²) >= 11 is 1.63. The van der Waals surface area contributed by atoms with E-state index in [1.54, 1.807) is 11.3 Å². The Balaban J connectivity index is 1.16. The summed E-state index contributed by atoms with van der Waals surface area (Å²) in [4.78, 5) is 53.5. The molecule has 1 aromatic carbocycles. The lowest BCUT2D eigenvalue weighted by atomic mass is 9.86. The second-order valence-corrected chi connectivity index (χ2v) is 19.3. The molecule has 2 aliphatic carbocycles. The number of thiazole rings is 1. The third-order valence-corrected chi connectivity index (χ3v) is 14.2. The van der Waals surface area contributed by atoms with Gasteiger partial charge in [-0.2, -0.15) is 17.7 Å². The third kappa shape index (κ3) is 8.39. The van der Waals surface area contributed by atoms with Crippen molar-refractivity contribution in [1.29, 1.82) is 0 Å².